The summed E-state index contributed by atoms with van der Waals surface area (Å²) in [5.41, 5.74) is 4.26. The van der Waals surface area contributed by atoms with Gasteiger partial charge in [-0.15, -0.1) is 6.58 Å². The molecule has 1 nitrogen and oxygen atoms in total. The van der Waals surface area contributed by atoms with Crippen LogP contribution in [0.4, 0.5) is 0 Å². The van der Waals surface area contributed by atoms with Crippen molar-refractivity contribution >= 4 is 0 Å². The number of benzene rings is 2. The van der Waals surface area contributed by atoms with E-state index in [-0.39, 0.29) is 0 Å². The Morgan fingerprint density at radius 1 is 0.941 bits per heavy atom. The molecular formula is C16H13N. The van der Waals surface area contributed by atoms with Crippen molar-refractivity contribution in [2.75, 3.05) is 0 Å². The number of nitriles is 1. The van der Waals surface area contributed by atoms with Crippen molar-refractivity contribution in [1.29, 1.82) is 5.26 Å². The molecule has 0 unspecified atom stereocenters. The summed E-state index contributed by atoms with van der Waals surface area (Å²) in [6, 6.07) is 18.2. The predicted octanol–water partition coefficient (Wildman–Crippen LogP) is 3.95. The van der Waals surface area contributed by atoms with Crippen LogP contribution in [0.3, 0.4) is 0 Å². The zero-order valence-corrected chi connectivity index (χ0v) is 9.56. The maximum Gasteiger partial charge on any atom is 0.0991 e. The third-order valence-electron chi connectivity index (χ3n) is 2.68. The molecule has 0 saturated heterocycles. The highest BCUT2D eigenvalue weighted by Gasteiger charge is 1.98. The van der Waals surface area contributed by atoms with Gasteiger partial charge in [-0.05, 0) is 35.2 Å². The first kappa shape index (κ1) is 11.2. The molecule has 0 atom stereocenters. The quantitative estimate of drug-likeness (QED) is 0.717. The largest absolute Gasteiger partial charge is 0.192 e. The Morgan fingerprint density at radius 3 is 1.94 bits per heavy atom. The summed E-state index contributed by atoms with van der Waals surface area (Å²) in [5.74, 6) is 0. The van der Waals surface area contributed by atoms with E-state index in [1.165, 1.54) is 11.1 Å². The molecule has 2 aromatic rings. The number of hydrogen-bond donors (Lipinski definition) is 0. The number of rotatable bonds is 3. The molecule has 0 spiro atoms. The first-order chi connectivity index (χ1) is 8.33. The second-order valence-electron chi connectivity index (χ2n) is 3.88. The van der Waals surface area contributed by atoms with Gasteiger partial charge in [0.25, 0.3) is 0 Å². The van der Waals surface area contributed by atoms with Crippen molar-refractivity contribution in [3.63, 3.8) is 0 Å². The fraction of sp³-hybridized carbons (Fsp3) is 0.0625. The second kappa shape index (κ2) is 5.14. The van der Waals surface area contributed by atoms with Crippen LogP contribution in [0.5, 0.6) is 0 Å². The Bertz CT molecular complexity index is 542. The summed E-state index contributed by atoms with van der Waals surface area (Å²) < 4.78 is 0. The van der Waals surface area contributed by atoms with E-state index < -0.39 is 0 Å². The molecule has 1 heteroatoms. The molecule has 0 aliphatic heterocycles. The zero-order valence-electron chi connectivity index (χ0n) is 9.56. The molecule has 0 aliphatic carbocycles. The maximum absolute atomic E-state index is 8.74. The standard InChI is InChI=1S/C16H13N/c1-2-3-13-4-8-15(9-5-13)16-10-6-14(12-17)7-11-16/h2,4-11H,1,3H2. The topological polar surface area (TPSA) is 23.8 Å². The van der Waals surface area contributed by atoms with Gasteiger partial charge in [-0.2, -0.15) is 5.26 Å². The molecular weight excluding hydrogens is 206 g/mol. The van der Waals surface area contributed by atoms with Gasteiger partial charge in [0.15, 0.2) is 0 Å². The van der Waals surface area contributed by atoms with Crippen molar-refractivity contribution < 1.29 is 0 Å². The SMILES string of the molecule is C=CCc1ccc(-c2ccc(C#N)cc2)cc1. The summed E-state index contributed by atoms with van der Waals surface area (Å²) in [6.45, 7) is 3.73. The Kier molecular flexibility index (Phi) is 3.37. The van der Waals surface area contributed by atoms with Crippen molar-refractivity contribution in [2.45, 2.75) is 6.42 Å². The first-order valence-corrected chi connectivity index (χ1v) is 5.54. The fourth-order valence-electron chi connectivity index (χ4n) is 1.74. The van der Waals surface area contributed by atoms with Crippen LogP contribution in [-0.2, 0) is 6.42 Å². The molecule has 2 aromatic carbocycles. The minimum absolute atomic E-state index is 0.692. The van der Waals surface area contributed by atoms with E-state index in [4.69, 9.17) is 5.26 Å². The Morgan fingerprint density at radius 2 is 1.47 bits per heavy atom. The van der Waals surface area contributed by atoms with E-state index in [9.17, 15) is 0 Å². The van der Waals surface area contributed by atoms with Crippen LogP contribution in [0.1, 0.15) is 11.1 Å². The van der Waals surface area contributed by atoms with Crippen molar-refractivity contribution in [2.24, 2.45) is 0 Å². The van der Waals surface area contributed by atoms with Gasteiger partial charge in [0.2, 0.25) is 0 Å². The Hall–Kier alpha value is -2.33. The van der Waals surface area contributed by atoms with Gasteiger partial charge in [0.05, 0.1) is 11.6 Å². The van der Waals surface area contributed by atoms with Crippen LogP contribution in [-0.4, -0.2) is 0 Å². The highest BCUT2D eigenvalue weighted by atomic mass is 14.2. The van der Waals surface area contributed by atoms with Gasteiger partial charge in [-0.1, -0.05) is 42.5 Å². The van der Waals surface area contributed by atoms with Gasteiger partial charge in [0.1, 0.15) is 0 Å². The summed E-state index contributed by atoms with van der Waals surface area (Å²) in [6.07, 6.45) is 2.80. The zero-order chi connectivity index (χ0) is 12.1. The fourth-order valence-corrected chi connectivity index (χ4v) is 1.74. The third kappa shape index (κ3) is 2.62. The average Bonchev–Trinajstić information content (AvgIpc) is 2.40. The normalized spacial score (nSPS) is 9.59. The van der Waals surface area contributed by atoms with Gasteiger partial charge >= 0.3 is 0 Å². The molecule has 0 radical (unpaired) electrons. The monoisotopic (exact) mass is 219 g/mol. The predicted molar refractivity (Wildman–Crippen MR) is 70.5 cm³/mol. The van der Waals surface area contributed by atoms with Crippen molar-refractivity contribution in [3.05, 3.63) is 72.3 Å². The van der Waals surface area contributed by atoms with Gasteiger partial charge < -0.3 is 0 Å². The molecule has 0 heterocycles. The van der Waals surface area contributed by atoms with Crippen LogP contribution < -0.4 is 0 Å². The molecule has 0 aliphatic rings. The summed E-state index contributed by atoms with van der Waals surface area (Å²) in [7, 11) is 0. The first-order valence-electron chi connectivity index (χ1n) is 5.54. The maximum atomic E-state index is 8.74. The molecule has 82 valence electrons. The lowest BCUT2D eigenvalue weighted by atomic mass is 10.0. The summed E-state index contributed by atoms with van der Waals surface area (Å²) >= 11 is 0. The number of hydrogen-bond acceptors (Lipinski definition) is 1. The third-order valence-corrected chi connectivity index (χ3v) is 2.68. The molecule has 17 heavy (non-hydrogen) atoms. The van der Waals surface area contributed by atoms with E-state index in [2.05, 4.69) is 36.9 Å². The van der Waals surface area contributed by atoms with Crippen LogP contribution in [0.2, 0.25) is 0 Å². The van der Waals surface area contributed by atoms with E-state index >= 15 is 0 Å². The summed E-state index contributed by atoms with van der Waals surface area (Å²) in [5, 5.41) is 8.74. The van der Waals surface area contributed by atoms with E-state index in [0.717, 1.165) is 12.0 Å². The molecule has 0 N–H and O–H groups in total. The lowest BCUT2D eigenvalue weighted by Crippen LogP contribution is -1.82. The van der Waals surface area contributed by atoms with Gasteiger partial charge in [-0.3, -0.25) is 0 Å². The van der Waals surface area contributed by atoms with Gasteiger partial charge in [0, 0.05) is 0 Å². The number of nitrogens with zero attached hydrogens (tertiary/aromatic N) is 1. The molecule has 0 saturated carbocycles. The van der Waals surface area contributed by atoms with Crippen molar-refractivity contribution in [3.8, 4) is 17.2 Å². The molecule has 0 amide bonds. The molecule has 2 rings (SSSR count). The van der Waals surface area contributed by atoms with E-state index in [0.29, 0.717) is 5.56 Å². The van der Waals surface area contributed by atoms with Crippen LogP contribution in [0, 0.1) is 11.3 Å². The number of allylic oxidation sites excluding steroid dienone is 1. The molecule has 0 fully saturated rings. The lowest BCUT2D eigenvalue weighted by molar-refractivity contribution is 1.28. The second-order valence-corrected chi connectivity index (χ2v) is 3.88. The minimum atomic E-state index is 0.692. The minimum Gasteiger partial charge on any atom is -0.192 e. The van der Waals surface area contributed by atoms with Crippen LogP contribution >= 0.6 is 0 Å². The Balaban J connectivity index is 2.27. The average molecular weight is 219 g/mol. The summed E-state index contributed by atoms with van der Waals surface area (Å²) in [4.78, 5) is 0. The van der Waals surface area contributed by atoms with Crippen LogP contribution in [0.25, 0.3) is 11.1 Å². The van der Waals surface area contributed by atoms with E-state index in [1.54, 1.807) is 0 Å². The smallest absolute Gasteiger partial charge is 0.0991 e. The Labute approximate surface area is 102 Å². The van der Waals surface area contributed by atoms with Crippen molar-refractivity contribution in [1.82, 2.24) is 0 Å². The lowest BCUT2D eigenvalue weighted by Gasteiger charge is -2.03. The highest BCUT2D eigenvalue weighted by molar-refractivity contribution is 5.64. The highest BCUT2D eigenvalue weighted by Crippen LogP contribution is 2.20. The van der Waals surface area contributed by atoms with E-state index in [1.807, 2.05) is 30.3 Å². The van der Waals surface area contributed by atoms with Crippen LogP contribution in [0.15, 0.2) is 61.2 Å². The molecule has 0 aromatic heterocycles. The molecule has 0 bridgehead atoms. The van der Waals surface area contributed by atoms with Gasteiger partial charge in [-0.25, -0.2) is 0 Å².